The second kappa shape index (κ2) is 2.65. The Morgan fingerprint density at radius 2 is 2.12 bits per heavy atom. The number of hydrogen-bond acceptors (Lipinski definition) is 1. The van der Waals surface area contributed by atoms with Crippen LogP contribution in [0.1, 0.15) is 13.8 Å². The summed E-state index contributed by atoms with van der Waals surface area (Å²) in [7, 11) is 0. The van der Waals surface area contributed by atoms with Crippen molar-refractivity contribution in [2.45, 2.75) is 19.0 Å². The van der Waals surface area contributed by atoms with E-state index in [2.05, 4.69) is 0 Å². The molecule has 1 atom stereocenters. The van der Waals surface area contributed by atoms with Gasteiger partial charge in [0.15, 0.2) is 0 Å². The molecule has 0 saturated heterocycles. The van der Waals surface area contributed by atoms with Crippen molar-refractivity contribution in [2.24, 2.45) is 5.92 Å². The van der Waals surface area contributed by atoms with Gasteiger partial charge in [-0.3, -0.25) is 0 Å². The van der Waals surface area contributed by atoms with Gasteiger partial charge in [0.05, 0.1) is 6.61 Å². The molecule has 0 saturated carbocycles. The Morgan fingerprint density at radius 3 is 2.12 bits per heavy atom. The maximum absolute atomic E-state index is 12.5. The van der Waals surface area contributed by atoms with Gasteiger partial charge in [0.25, 0.3) is 0 Å². The van der Waals surface area contributed by atoms with Gasteiger partial charge in [-0.05, 0) is 0 Å². The molecule has 8 heavy (non-hydrogen) atoms. The van der Waals surface area contributed by atoms with E-state index in [1.165, 1.54) is 0 Å². The van der Waals surface area contributed by atoms with Crippen molar-refractivity contribution in [2.75, 3.05) is 6.61 Å². The molecule has 0 rings (SSSR count). The van der Waals surface area contributed by atoms with Crippen LogP contribution in [0.15, 0.2) is 0 Å². The van der Waals surface area contributed by atoms with E-state index in [1.54, 1.807) is 13.8 Å². The Hall–Kier alpha value is 0.180. The predicted octanol–water partition coefficient (Wildman–Crippen LogP) is 1.54. The quantitative estimate of drug-likeness (QED) is 0.577. The number of rotatable bonds is 2. The molecule has 0 aliphatic heterocycles. The van der Waals surface area contributed by atoms with E-state index in [9.17, 15) is 4.39 Å². The van der Waals surface area contributed by atoms with Gasteiger partial charge < -0.3 is 5.11 Å². The van der Waals surface area contributed by atoms with E-state index < -0.39 is 11.7 Å². The Morgan fingerprint density at radius 1 is 1.75 bits per heavy atom. The second-order valence-electron chi connectivity index (χ2n) is 2.07. The molecule has 1 nitrogen and oxygen atoms in total. The Bertz CT molecular complexity index is 72.8. The summed E-state index contributed by atoms with van der Waals surface area (Å²) in [4.78, 5) is 0. The lowest BCUT2D eigenvalue weighted by molar-refractivity contribution is 0.103. The number of halogens is 2. The highest BCUT2D eigenvalue weighted by atomic mass is 35.5. The number of hydrogen-bond donors (Lipinski definition) is 1. The molecule has 0 aromatic rings. The first-order chi connectivity index (χ1) is 3.50. The molecule has 0 heterocycles. The van der Waals surface area contributed by atoms with Crippen LogP contribution in [0, 0.1) is 5.92 Å². The summed E-state index contributed by atoms with van der Waals surface area (Å²) in [5.74, 6) is -0.339. The van der Waals surface area contributed by atoms with Gasteiger partial charge in [-0.2, -0.15) is 0 Å². The largest absolute Gasteiger partial charge is 0.392 e. The van der Waals surface area contributed by atoms with E-state index in [0.29, 0.717) is 0 Å². The highest BCUT2D eigenvalue weighted by molar-refractivity contribution is 6.23. The van der Waals surface area contributed by atoms with Crippen LogP contribution in [0.25, 0.3) is 0 Å². The molecule has 0 amide bonds. The van der Waals surface area contributed by atoms with E-state index in [0.717, 1.165) is 0 Å². The van der Waals surface area contributed by atoms with Gasteiger partial charge in [0, 0.05) is 5.92 Å². The maximum Gasteiger partial charge on any atom is 0.208 e. The van der Waals surface area contributed by atoms with E-state index in [1.807, 2.05) is 0 Å². The molecule has 50 valence electrons. The third-order valence-corrected chi connectivity index (χ3v) is 1.61. The molecule has 0 fully saturated rings. The van der Waals surface area contributed by atoms with Crippen LogP contribution in [0.3, 0.4) is 0 Å². The van der Waals surface area contributed by atoms with Crippen molar-refractivity contribution in [3.05, 3.63) is 0 Å². The number of aliphatic hydroxyl groups excluding tert-OH is 1. The van der Waals surface area contributed by atoms with Gasteiger partial charge in [-0.1, -0.05) is 25.4 Å². The predicted molar refractivity (Wildman–Crippen MR) is 31.6 cm³/mol. The zero-order valence-corrected chi connectivity index (χ0v) is 5.74. The topological polar surface area (TPSA) is 20.2 Å². The van der Waals surface area contributed by atoms with E-state index in [4.69, 9.17) is 16.7 Å². The highest BCUT2D eigenvalue weighted by Gasteiger charge is 2.29. The fraction of sp³-hybridized carbons (Fsp3) is 1.00. The lowest BCUT2D eigenvalue weighted by Crippen LogP contribution is -2.26. The van der Waals surface area contributed by atoms with Crippen LogP contribution in [-0.2, 0) is 0 Å². The molecule has 0 spiro atoms. The second-order valence-corrected chi connectivity index (χ2v) is 2.70. The Kier molecular flexibility index (Phi) is 2.71. The summed E-state index contributed by atoms with van der Waals surface area (Å²) in [6.45, 7) is 2.61. The van der Waals surface area contributed by atoms with Crippen molar-refractivity contribution in [1.29, 1.82) is 0 Å². The minimum Gasteiger partial charge on any atom is -0.392 e. The molecule has 3 heteroatoms. The van der Waals surface area contributed by atoms with Crippen LogP contribution in [0.4, 0.5) is 4.39 Å². The molecule has 1 N–H and O–H groups in total. The lowest BCUT2D eigenvalue weighted by atomic mass is 10.1. The molecule has 0 bridgehead atoms. The highest BCUT2D eigenvalue weighted by Crippen LogP contribution is 2.25. The fourth-order valence-electron chi connectivity index (χ4n) is 0.183. The van der Waals surface area contributed by atoms with Gasteiger partial charge >= 0.3 is 0 Å². The van der Waals surface area contributed by atoms with Gasteiger partial charge in [-0.25, -0.2) is 4.39 Å². The van der Waals surface area contributed by atoms with Crippen molar-refractivity contribution in [1.82, 2.24) is 0 Å². The van der Waals surface area contributed by atoms with Crippen molar-refractivity contribution < 1.29 is 9.50 Å². The summed E-state index contributed by atoms with van der Waals surface area (Å²) in [5, 5.41) is 6.33. The Labute approximate surface area is 53.5 Å². The van der Waals surface area contributed by atoms with Crippen molar-refractivity contribution in [3.8, 4) is 0 Å². The summed E-state index contributed by atoms with van der Waals surface area (Å²) < 4.78 is 12.5. The summed E-state index contributed by atoms with van der Waals surface area (Å²) in [5.41, 5.74) is 0. The van der Waals surface area contributed by atoms with Crippen LogP contribution in [0.2, 0.25) is 0 Å². The van der Waals surface area contributed by atoms with E-state index >= 15 is 0 Å². The fourth-order valence-corrected chi connectivity index (χ4v) is 0.183. The van der Waals surface area contributed by atoms with Gasteiger partial charge in [0.1, 0.15) is 0 Å². The zero-order chi connectivity index (χ0) is 6.78. The van der Waals surface area contributed by atoms with E-state index in [-0.39, 0.29) is 5.92 Å². The molecular weight excluding hydrogens is 131 g/mol. The molecule has 0 aromatic carbocycles. The number of alkyl halides is 2. The molecule has 0 aromatic heterocycles. The summed E-state index contributed by atoms with van der Waals surface area (Å²) in [6.07, 6.45) is 0. The molecule has 0 unspecified atom stereocenters. The minimum absolute atomic E-state index is 0.339. The first-order valence-corrected chi connectivity index (χ1v) is 2.87. The van der Waals surface area contributed by atoms with Crippen LogP contribution < -0.4 is 0 Å². The first kappa shape index (κ1) is 8.18. The normalized spacial score (nSPS) is 18.8. The average Bonchev–Trinajstić information content (AvgIpc) is 1.67. The minimum atomic E-state index is -1.93. The SMILES string of the molecule is CC(C)[C@@](F)(Cl)CO. The van der Waals surface area contributed by atoms with Gasteiger partial charge in [-0.15, -0.1) is 0 Å². The third-order valence-electron chi connectivity index (χ3n) is 1.06. The summed E-state index contributed by atoms with van der Waals surface area (Å²) in [6, 6.07) is 0. The molecule has 0 radical (unpaired) electrons. The van der Waals surface area contributed by atoms with Crippen molar-refractivity contribution in [3.63, 3.8) is 0 Å². The monoisotopic (exact) mass is 140 g/mol. The molecule has 0 aliphatic rings. The lowest BCUT2D eigenvalue weighted by Gasteiger charge is -2.17. The van der Waals surface area contributed by atoms with Gasteiger partial charge in [0.2, 0.25) is 5.13 Å². The van der Waals surface area contributed by atoms with Crippen LogP contribution in [0.5, 0.6) is 0 Å². The summed E-state index contributed by atoms with van der Waals surface area (Å²) >= 11 is 5.14. The number of aliphatic hydroxyl groups is 1. The first-order valence-electron chi connectivity index (χ1n) is 2.49. The molecular formula is C5H10ClFO. The average molecular weight is 141 g/mol. The third kappa shape index (κ3) is 1.97. The zero-order valence-electron chi connectivity index (χ0n) is 4.99. The Balaban J connectivity index is 3.71. The smallest absolute Gasteiger partial charge is 0.208 e. The molecule has 0 aliphatic carbocycles. The van der Waals surface area contributed by atoms with Crippen LogP contribution in [-0.4, -0.2) is 16.8 Å². The standard InChI is InChI=1S/C5H10ClFO/c1-4(2)5(6,7)3-8/h4,8H,3H2,1-2H3/t5-/m1/s1. The van der Waals surface area contributed by atoms with Crippen molar-refractivity contribution >= 4 is 11.6 Å². The maximum atomic E-state index is 12.5. The van der Waals surface area contributed by atoms with Crippen LogP contribution >= 0.6 is 11.6 Å².